The van der Waals surface area contributed by atoms with Crippen LogP contribution in [0.15, 0.2) is 28.9 Å². The quantitative estimate of drug-likeness (QED) is 0.910. The van der Waals surface area contributed by atoms with Crippen LogP contribution in [0.2, 0.25) is 5.02 Å². The van der Waals surface area contributed by atoms with Crippen LogP contribution >= 0.6 is 11.6 Å². The largest absolute Gasteiger partial charge is 0.349 e. The minimum atomic E-state index is -0.262. The first-order chi connectivity index (χ1) is 11.1. The molecule has 6 nitrogen and oxygen atoms in total. The maximum absolute atomic E-state index is 12.2. The van der Waals surface area contributed by atoms with Crippen molar-refractivity contribution in [1.29, 1.82) is 0 Å². The van der Waals surface area contributed by atoms with Crippen molar-refractivity contribution in [3.63, 3.8) is 0 Å². The number of carbonyl (C=O) groups is 1. The van der Waals surface area contributed by atoms with Gasteiger partial charge in [-0.15, -0.1) is 0 Å². The number of hydrogen-bond donors (Lipinski definition) is 1. The average molecular weight is 335 g/mol. The monoisotopic (exact) mass is 334 g/mol. The number of hydrogen-bond acceptors (Lipinski definition) is 5. The molecule has 1 amide bonds. The maximum atomic E-state index is 12.2. The molecule has 1 aromatic heterocycles. The van der Waals surface area contributed by atoms with Gasteiger partial charge in [-0.05, 0) is 55.7 Å². The van der Waals surface area contributed by atoms with Gasteiger partial charge in [0.1, 0.15) is 5.69 Å². The molecular formula is C16H19ClN4O2. The van der Waals surface area contributed by atoms with Gasteiger partial charge in [0.2, 0.25) is 0 Å². The SMILES string of the molecule is Cc1nonc1C(=O)NC[C@H](c1ccc(Cl)cc1)N1CCCC1. The molecule has 1 N–H and O–H groups in total. The topological polar surface area (TPSA) is 71.3 Å². The average Bonchev–Trinajstić information content (AvgIpc) is 3.20. The van der Waals surface area contributed by atoms with Crippen LogP contribution in [-0.2, 0) is 0 Å². The summed E-state index contributed by atoms with van der Waals surface area (Å²) in [5.41, 5.74) is 1.87. The Balaban J connectivity index is 1.72. The lowest BCUT2D eigenvalue weighted by molar-refractivity contribution is 0.0927. The highest BCUT2D eigenvalue weighted by Gasteiger charge is 2.25. The molecule has 1 aliphatic heterocycles. The van der Waals surface area contributed by atoms with Gasteiger partial charge in [0.05, 0.1) is 6.04 Å². The number of aromatic nitrogens is 2. The number of nitrogens with one attached hydrogen (secondary N) is 1. The van der Waals surface area contributed by atoms with E-state index in [1.807, 2.05) is 24.3 Å². The molecule has 7 heteroatoms. The number of benzene rings is 1. The second-order valence-corrected chi connectivity index (χ2v) is 6.16. The van der Waals surface area contributed by atoms with Crippen molar-refractivity contribution in [2.45, 2.75) is 25.8 Å². The lowest BCUT2D eigenvalue weighted by Gasteiger charge is -2.28. The molecule has 1 aliphatic rings. The number of halogens is 1. The van der Waals surface area contributed by atoms with Gasteiger partial charge in [0.25, 0.3) is 5.91 Å². The number of rotatable bonds is 5. The predicted molar refractivity (Wildman–Crippen MR) is 86.4 cm³/mol. The Morgan fingerprint density at radius 2 is 2.00 bits per heavy atom. The molecule has 23 heavy (non-hydrogen) atoms. The molecule has 0 unspecified atom stereocenters. The molecule has 0 spiro atoms. The summed E-state index contributed by atoms with van der Waals surface area (Å²) in [6.07, 6.45) is 2.37. The lowest BCUT2D eigenvalue weighted by Crippen LogP contribution is -2.37. The first-order valence-corrected chi connectivity index (χ1v) is 8.10. The molecule has 0 saturated carbocycles. The zero-order valence-electron chi connectivity index (χ0n) is 13.0. The van der Waals surface area contributed by atoms with Gasteiger partial charge < -0.3 is 5.32 Å². The fraction of sp³-hybridized carbons (Fsp3) is 0.438. The van der Waals surface area contributed by atoms with Crippen LogP contribution in [0.1, 0.15) is 40.6 Å². The van der Waals surface area contributed by atoms with Crippen molar-refractivity contribution in [2.24, 2.45) is 0 Å². The van der Waals surface area contributed by atoms with Gasteiger partial charge in [-0.25, -0.2) is 4.63 Å². The van der Waals surface area contributed by atoms with Crippen molar-refractivity contribution in [3.05, 3.63) is 46.2 Å². The first-order valence-electron chi connectivity index (χ1n) is 7.72. The van der Waals surface area contributed by atoms with E-state index in [1.54, 1.807) is 6.92 Å². The molecule has 0 aliphatic carbocycles. The van der Waals surface area contributed by atoms with Crippen molar-refractivity contribution < 1.29 is 9.42 Å². The normalized spacial score (nSPS) is 16.4. The highest BCUT2D eigenvalue weighted by atomic mass is 35.5. The molecule has 1 aromatic carbocycles. The van der Waals surface area contributed by atoms with Crippen LogP contribution in [0.25, 0.3) is 0 Å². The van der Waals surface area contributed by atoms with E-state index in [4.69, 9.17) is 11.6 Å². The summed E-state index contributed by atoms with van der Waals surface area (Å²) in [7, 11) is 0. The van der Waals surface area contributed by atoms with E-state index in [2.05, 4.69) is 25.2 Å². The van der Waals surface area contributed by atoms with Crippen LogP contribution < -0.4 is 5.32 Å². The number of amides is 1. The van der Waals surface area contributed by atoms with Crippen LogP contribution in [-0.4, -0.2) is 40.8 Å². The zero-order chi connectivity index (χ0) is 16.2. The summed E-state index contributed by atoms with van der Waals surface area (Å²) < 4.78 is 4.58. The van der Waals surface area contributed by atoms with E-state index in [0.29, 0.717) is 17.3 Å². The van der Waals surface area contributed by atoms with Crippen molar-refractivity contribution >= 4 is 17.5 Å². The van der Waals surface area contributed by atoms with E-state index in [-0.39, 0.29) is 17.6 Å². The number of carbonyl (C=O) groups excluding carboxylic acids is 1. The Bertz CT molecular complexity index is 665. The summed E-state index contributed by atoms with van der Waals surface area (Å²) in [6, 6.07) is 7.92. The van der Waals surface area contributed by atoms with Gasteiger partial charge >= 0.3 is 0 Å². The Kier molecular flexibility index (Phi) is 4.93. The van der Waals surface area contributed by atoms with Gasteiger partial charge in [-0.1, -0.05) is 28.9 Å². The van der Waals surface area contributed by atoms with E-state index >= 15 is 0 Å². The first kappa shape index (κ1) is 16.0. The molecule has 3 rings (SSSR count). The zero-order valence-corrected chi connectivity index (χ0v) is 13.7. The molecule has 1 fully saturated rings. The Hall–Kier alpha value is -1.92. The summed E-state index contributed by atoms with van der Waals surface area (Å²) >= 11 is 5.98. The second kappa shape index (κ2) is 7.10. The van der Waals surface area contributed by atoms with Crippen molar-refractivity contribution in [2.75, 3.05) is 19.6 Å². The van der Waals surface area contributed by atoms with Crippen LogP contribution in [0.4, 0.5) is 0 Å². The Labute approximate surface area is 139 Å². The molecule has 122 valence electrons. The van der Waals surface area contributed by atoms with Gasteiger partial charge in [0.15, 0.2) is 5.69 Å². The predicted octanol–water partition coefficient (Wildman–Crippen LogP) is 2.60. The molecule has 2 heterocycles. The van der Waals surface area contributed by atoms with E-state index in [0.717, 1.165) is 18.7 Å². The number of aryl methyl sites for hydroxylation is 1. The lowest BCUT2D eigenvalue weighted by atomic mass is 10.1. The molecule has 1 saturated heterocycles. The minimum Gasteiger partial charge on any atom is -0.349 e. The molecule has 1 atom stereocenters. The van der Waals surface area contributed by atoms with E-state index < -0.39 is 0 Å². The molecule has 0 bridgehead atoms. The van der Waals surface area contributed by atoms with Crippen LogP contribution in [0, 0.1) is 6.92 Å². The van der Waals surface area contributed by atoms with E-state index in [9.17, 15) is 4.79 Å². The second-order valence-electron chi connectivity index (χ2n) is 5.72. The van der Waals surface area contributed by atoms with Crippen LogP contribution in [0.3, 0.4) is 0 Å². The van der Waals surface area contributed by atoms with Gasteiger partial charge in [-0.2, -0.15) is 0 Å². The standard InChI is InChI=1S/C16H19ClN4O2/c1-11-15(20-23-19-11)16(22)18-10-14(21-8-2-3-9-21)12-4-6-13(17)7-5-12/h4-7,14H,2-3,8-10H2,1H3,(H,18,22)/t14-/m1/s1. The van der Waals surface area contributed by atoms with E-state index in [1.165, 1.54) is 12.8 Å². The Morgan fingerprint density at radius 3 is 2.61 bits per heavy atom. The fourth-order valence-corrected chi connectivity index (χ4v) is 3.03. The molecular weight excluding hydrogens is 316 g/mol. The molecule has 0 radical (unpaired) electrons. The third-order valence-corrected chi connectivity index (χ3v) is 4.41. The van der Waals surface area contributed by atoms with Crippen molar-refractivity contribution in [1.82, 2.24) is 20.5 Å². The van der Waals surface area contributed by atoms with Crippen molar-refractivity contribution in [3.8, 4) is 0 Å². The number of nitrogens with zero attached hydrogens (tertiary/aromatic N) is 3. The van der Waals surface area contributed by atoms with Gasteiger partial charge in [0, 0.05) is 11.6 Å². The summed E-state index contributed by atoms with van der Waals surface area (Å²) in [4.78, 5) is 14.6. The highest BCUT2D eigenvalue weighted by Crippen LogP contribution is 2.25. The summed E-state index contributed by atoms with van der Waals surface area (Å²) in [5.74, 6) is -0.262. The minimum absolute atomic E-state index is 0.124. The Morgan fingerprint density at radius 1 is 1.30 bits per heavy atom. The smallest absolute Gasteiger partial charge is 0.275 e. The van der Waals surface area contributed by atoms with Gasteiger partial charge in [-0.3, -0.25) is 9.69 Å². The fourth-order valence-electron chi connectivity index (χ4n) is 2.91. The highest BCUT2D eigenvalue weighted by molar-refractivity contribution is 6.30. The molecule has 2 aromatic rings. The maximum Gasteiger partial charge on any atom is 0.275 e. The third-order valence-electron chi connectivity index (χ3n) is 4.16. The van der Waals surface area contributed by atoms with Crippen LogP contribution in [0.5, 0.6) is 0 Å². The number of likely N-dealkylation sites (tertiary alicyclic amines) is 1. The summed E-state index contributed by atoms with van der Waals surface area (Å²) in [5, 5.41) is 10.9. The summed E-state index contributed by atoms with van der Waals surface area (Å²) in [6.45, 7) is 4.27. The third kappa shape index (κ3) is 3.71.